The maximum absolute atomic E-state index is 11.7. The van der Waals surface area contributed by atoms with Gasteiger partial charge in [-0.05, 0) is 13.5 Å². The van der Waals surface area contributed by atoms with Gasteiger partial charge in [0, 0.05) is 30.3 Å². The Morgan fingerprint density at radius 3 is 2.94 bits per heavy atom. The Balaban J connectivity index is 2.32. The molecule has 5 heteroatoms. The summed E-state index contributed by atoms with van der Waals surface area (Å²) in [4.78, 5) is 11.7. The van der Waals surface area contributed by atoms with E-state index < -0.39 is 0 Å². The molecule has 0 aliphatic rings. The normalized spacial score (nSPS) is 12.4. The molecule has 1 unspecified atom stereocenters. The van der Waals surface area contributed by atoms with Crippen molar-refractivity contribution in [2.45, 2.75) is 27.3 Å². The zero-order chi connectivity index (χ0) is 12.0. The van der Waals surface area contributed by atoms with E-state index in [4.69, 9.17) is 0 Å². The second-order valence-electron chi connectivity index (χ2n) is 3.95. The van der Waals surface area contributed by atoms with Crippen LogP contribution >= 0.6 is 0 Å². The Hall–Kier alpha value is -1.36. The van der Waals surface area contributed by atoms with E-state index in [9.17, 15) is 4.79 Å². The second-order valence-corrected chi connectivity index (χ2v) is 3.95. The predicted octanol–water partition coefficient (Wildman–Crippen LogP) is 0.580. The van der Waals surface area contributed by atoms with Gasteiger partial charge in [0.2, 0.25) is 5.91 Å². The molecule has 1 aromatic rings. The average Bonchev–Trinajstić information content (AvgIpc) is 2.68. The summed E-state index contributed by atoms with van der Waals surface area (Å²) in [5.41, 5.74) is 2.03. The molecule has 0 bridgehead atoms. The molecule has 0 radical (unpaired) electrons. The molecule has 0 aromatic carbocycles. The van der Waals surface area contributed by atoms with Gasteiger partial charge in [-0.2, -0.15) is 5.10 Å². The van der Waals surface area contributed by atoms with Crippen LogP contribution in [-0.4, -0.2) is 29.2 Å². The zero-order valence-electron chi connectivity index (χ0n) is 10.1. The van der Waals surface area contributed by atoms with E-state index in [1.54, 1.807) is 6.20 Å². The minimum Gasteiger partial charge on any atom is -0.352 e. The highest BCUT2D eigenvalue weighted by molar-refractivity contribution is 5.78. The third kappa shape index (κ3) is 3.66. The number of nitrogens with zero attached hydrogens (tertiary/aromatic N) is 1. The Morgan fingerprint density at radius 1 is 1.62 bits per heavy atom. The highest BCUT2D eigenvalue weighted by atomic mass is 16.1. The predicted molar refractivity (Wildman–Crippen MR) is 62.9 cm³/mol. The van der Waals surface area contributed by atoms with Crippen LogP contribution in [0.15, 0.2) is 6.20 Å². The number of aryl methyl sites for hydroxylation is 1. The van der Waals surface area contributed by atoms with Crippen molar-refractivity contribution in [3.63, 3.8) is 0 Å². The molecule has 0 aliphatic heterocycles. The molecule has 1 aromatic heterocycles. The van der Waals surface area contributed by atoms with Crippen molar-refractivity contribution in [3.05, 3.63) is 17.5 Å². The van der Waals surface area contributed by atoms with Gasteiger partial charge >= 0.3 is 0 Å². The summed E-state index contributed by atoms with van der Waals surface area (Å²) >= 11 is 0. The Bertz CT molecular complexity index is 334. The highest BCUT2D eigenvalue weighted by Gasteiger charge is 2.12. The standard InChI is InChI=1S/C11H20N4O/c1-4-12-5-8(2)11(16)13-6-10-7-14-15-9(10)3/h7-8,12H,4-6H2,1-3H3,(H,13,16)(H,14,15). The van der Waals surface area contributed by atoms with Crippen LogP contribution in [0.2, 0.25) is 0 Å². The third-order valence-electron chi connectivity index (χ3n) is 2.54. The molecule has 1 amide bonds. The number of hydrogen-bond donors (Lipinski definition) is 3. The van der Waals surface area contributed by atoms with Crippen molar-refractivity contribution in [1.82, 2.24) is 20.8 Å². The van der Waals surface area contributed by atoms with E-state index in [0.29, 0.717) is 13.1 Å². The first-order chi connectivity index (χ1) is 7.65. The summed E-state index contributed by atoms with van der Waals surface area (Å²) in [5, 5.41) is 12.8. The summed E-state index contributed by atoms with van der Waals surface area (Å²) in [7, 11) is 0. The first-order valence-corrected chi connectivity index (χ1v) is 5.62. The smallest absolute Gasteiger partial charge is 0.224 e. The van der Waals surface area contributed by atoms with E-state index in [2.05, 4.69) is 20.8 Å². The molecule has 16 heavy (non-hydrogen) atoms. The van der Waals surface area contributed by atoms with Gasteiger partial charge in [0.05, 0.1) is 6.20 Å². The van der Waals surface area contributed by atoms with Crippen molar-refractivity contribution in [3.8, 4) is 0 Å². The largest absolute Gasteiger partial charge is 0.352 e. The van der Waals surface area contributed by atoms with Crippen LogP contribution in [0.5, 0.6) is 0 Å². The van der Waals surface area contributed by atoms with Crippen LogP contribution in [0, 0.1) is 12.8 Å². The quantitative estimate of drug-likeness (QED) is 0.662. The summed E-state index contributed by atoms with van der Waals surface area (Å²) in [6, 6.07) is 0. The van der Waals surface area contributed by atoms with Crippen LogP contribution in [0.3, 0.4) is 0 Å². The first-order valence-electron chi connectivity index (χ1n) is 5.62. The van der Waals surface area contributed by atoms with Crippen LogP contribution in [0.1, 0.15) is 25.1 Å². The van der Waals surface area contributed by atoms with Gasteiger partial charge in [-0.15, -0.1) is 0 Å². The van der Waals surface area contributed by atoms with Gasteiger partial charge in [-0.25, -0.2) is 0 Å². The molecule has 0 saturated carbocycles. The zero-order valence-corrected chi connectivity index (χ0v) is 10.1. The van der Waals surface area contributed by atoms with Crippen molar-refractivity contribution in [2.75, 3.05) is 13.1 Å². The van der Waals surface area contributed by atoms with Crippen molar-refractivity contribution in [2.24, 2.45) is 5.92 Å². The van der Waals surface area contributed by atoms with E-state index >= 15 is 0 Å². The van der Waals surface area contributed by atoms with Gasteiger partial charge in [0.15, 0.2) is 0 Å². The number of H-pyrrole nitrogens is 1. The van der Waals surface area contributed by atoms with Crippen molar-refractivity contribution < 1.29 is 4.79 Å². The molecule has 1 rings (SSSR count). The Labute approximate surface area is 96.0 Å². The Morgan fingerprint density at radius 2 is 2.38 bits per heavy atom. The lowest BCUT2D eigenvalue weighted by Crippen LogP contribution is -2.34. The summed E-state index contributed by atoms with van der Waals surface area (Å²) in [5.74, 6) is 0.0636. The Kier molecular flexibility index (Phi) is 4.98. The van der Waals surface area contributed by atoms with Crippen LogP contribution in [0.25, 0.3) is 0 Å². The fourth-order valence-electron chi connectivity index (χ4n) is 1.36. The van der Waals surface area contributed by atoms with Crippen LogP contribution in [0.4, 0.5) is 0 Å². The van der Waals surface area contributed by atoms with Gasteiger partial charge < -0.3 is 10.6 Å². The number of nitrogens with one attached hydrogen (secondary N) is 3. The fraction of sp³-hybridized carbons (Fsp3) is 0.636. The van der Waals surface area contributed by atoms with Crippen LogP contribution in [-0.2, 0) is 11.3 Å². The molecule has 5 nitrogen and oxygen atoms in total. The van der Waals surface area contributed by atoms with E-state index in [1.165, 1.54) is 0 Å². The first kappa shape index (κ1) is 12.7. The van der Waals surface area contributed by atoms with Gasteiger partial charge in [-0.1, -0.05) is 13.8 Å². The molecule has 0 aliphatic carbocycles. The minimum absolute atomic E-state index is 0.00726. The number of rotatable bonds is 6. The number of hydrogen-bond acceptors (Lipinski definition) is 3. The molecule has 1 atom stereocenters. The van der Waals surface area contributed by atoms with Crippen molar-refractivity contribution in [1.29, 1.82) is 0 Å². The molecule has 90 valence electrons. The van der Waals surface area contributed by atoms with E-state index in [0.717, 1.165) is 17.8 Å². The lowest BCUT2D eigenvalue weighted by Gasteiger charge is -2.12. The summed E-state index contributed by atoms with van der Waals surface area (Å²) in [6.45, 7) is 8.03. The second kappa shape index (κ2) is 6.27. The monoisotopic (exact) mass is 224 g/mol. The lowest BCUT2D eigenvalue weighted by molar-refractivity contribution is -0.124. The van der Waals surface area contributed by atoms with Gasteiger partial charge in [-0.3, -0.25) is 9.89 Å². The van der Waals surface area contributed by atoms with Gasteiger partial charge in [0.25, 0.3) is 0 Å². The molecule has 1 heterocycles. The number of carbonyl (C=O) groups is 1. The number of carbonyl (C=O) groups excluding carboxylic acids is 1. The SMILES string of the molecule is CCNCC(C)C(=O)NCc1cn[nH]c1C. The molecular weight excluding hydrogens is 204 g/mol. The van der Waals surface area contributed by atoms with Crippen molar-refractivity contribution >= 4 is 5.91 Å². The average molecular weight is 224 g/mol. The molecule has 0 saturated heterocycles. The lowest BCUT2D eigenvalue weighted by atomic mass is 10.1. The van der Waals surface area contributed by atoms with E-state index in [-0.39, 0.29) is 11.8 Å². The maximum atomic E-state index is 11.7. The maximum Gasteiger partial charge on any atom is 0.224 e. The number of aromatic nitrogens is 2. The number of amides is 1. The van der Waals surface area contributed by atoms with Crippen LogP contribution < -0.4 is 10.6 Å². The molecule has 3 N–H and O–H groups in total. The molecule has 0 fully saturated rings. The van der Waals surface area contributed by atoms with E-state index in [1.807, 2.05) is 20.8 Å². The minimum atomic E-state index is -0.00726. The topological polar surface area (TPSA) is 69.8 Å². The molecule has 0 spiro atoms. The van der Waals surface area contributed by atoms with Gasteiger partial charge in [0.1, 0.15) is 0 Å². The fourth-order valence-corrected chi connectivity index (χ4v) is 1.36. The number of aromatic amines is 1. The summed E-state index contributed by atoms with van der Waals surface area (Å²) < 4.78 is 0. The summed E-state index contributed by atoms with van der Waals surface area (Å²) in [6.07, 6.45) is 1.74. The molecular formula is C11H20N4O. The third-order valence-corrected chi connectivity index (χ3v) is 2.54. The highest BCUT2D eigenvalue weighted by Crippen LogP contribution is 2.02.